The van der Waals surface area contributed by atoms with Crippen molar-refractivity contribution in [3.63, 3.8) is 0 Å². The Morgan fingerprint density at radius 1 is 0.610 bits per heavy atom. The Kier molecular flexibility index (Phi) is 6.33. The summed E-state index contributed by atoms with van der Waals surface area (Å²) in [5.74, 6) is 1.96. The zero-order valence-corrected chi connectivity index (χ0v) is 23.0. The molecule has 196 valence electrons. The Morgan fingerprint density at radius 3 is 1.95 bits per heavy atom. The van der Waals surface area contributed by atoms with E-state index in [1.54, 1.807) is 0 Å². The fraction of sp³-hybridized carbons (Fsp3) is 0.0789. The molecule has 0 saturated heterocycles. The second-order valence-electron chi connectivity index (χ2n) is 10.4. The first-order valence-corrected chi connectivity index (χ1v) is 14.2. The average molecular weight is 528 g/mol. The van der Waals surface area contributed by atoms with Crippen LogP contribution in [-0.4, -0.2) is 15.0 Å². The Labute approximate surface area is 240 Å². The van der Waals surface area contributed by atoms with Crippen LogP contribution in [-0.2, 0) is 0 Å². The summed E-state index contributed by atoms with van der Waals surface area (Å²) in [6.45, 7) is 6.19. The molecule has 0 saturated carbocycles. The van der Waals surface area contributed by atoms with Gasteiger partial charge in [-0.1, -0.05) is 129 Å². The molecule has 5 aromatic carbocycles. The van der Waals surface area contributed by atoms with Gasteiger partial charge in [0, 0.05) is 16.7 Å². The standard InChI is InChI=1S/C38H29N3/c1-3-5-12-25(4-2)36-39-37(27-13-7-6-8-14-27)41-38(40-36)28-21-19-26(20-22-28)30-23-29-15-11-18-33-31-16-9-10-17-32(31)34(24-30)35(29)33/h4,6-24H,2-3,5H2,1H3/b25-12+. The summed E-state index contributed by atoms with van der Waals surface area (Å²) in [6.07, 6.45) is 5.97. The molecule has 0 bridgehead atoms. The summed E-state index contributed by atoms with van der Waals surface area (Å²) >= 11 is 0. The molecule has 0 aliphatic heterocycles. The van der Waals surface area contributed by atoms with Crippen molar-refractivity contribution < 1.29 is 0 Å². The van der Waals surface area contributed by atoms with Crippen LogP contribution in [0.5, 0.6) is 0 Å². The van der Waals surface area contributed by atoms with Crippen molar-refractivity contribution in [1.29, 1.82) is 0 Å². The number of rotatable bonds is 7. The summed E-state index contributed by atoms with van der Waals surface area (Å²) in [7, 11) is 0. The maximum Gasteiger partial charge on any atom is 0.164 e. The first-order chi connectivity index (χ1) is 20.2. The first kappa shape index (κ1) is 24.9. The van der Waals surface area contributed by atoms with Crippen molar-refractivity contribution >= 4 is 16.3 Å². The van der Waals surface area contributed by atoms with Crippen molar-refractivity contribution in [3.8, 4) is 56.2 Å². The summed E-state index contributed by atoms with van der Waals surface area (Å²) in [4.78, 5) is 14.6. The third-order valence-corrected chi connectivity index (χ3v) is 7.76. The number of allylic oxidation sites excluding steroid dienone is 3. The van der Waals surface area contributed by atoms with E-state index >= 15 is 0 Å². The maximum absolute atomic E-state index is 4.89. The highest BCUT2D eigenvalue weighted by atomic mass is 15.0. The summed E-state index contributed by atoms with van der Waals surface area (Å²) in [5.41, 5.74) is 10.4. The van der Waals surface area contributed by atoms with Crippen LogP contribution in [0.25, 0.3) is 72.5 Å². The van der Waals surface area contributed by atoms with E-state index in [-0.39, 0.29) is 0 Å². The molecule has 41 heavy (non-hydrogen) atoms. The number of fused-ring (bicyclic) bond motifs is 3. The van der Waals surface area contributed by atoms with Crippen molar-refractivity contribution in [1.82, 2.24) is 15.0 Å². The highest BCUT2D eigenvalue weighted by Crippen LogP contribution is 2.48. The fourth-order valence-electron chi connectivity index (χ4n) is 5.71. The van der Waals surface area contributed by atoms with Gasteiger partial charge in [-0.25, -0.2) is 15.0 Å². The van der Waals surface area contributed by atoms with Crippen LogP contribution < -0.4 is 0 Å². The SMILES string of the molecule is C=C/C(=C\CCC)c1nc(-c2ccccc2)nc(-c2ccc(-c3cc4c5c(cccc5c3)-c3ccccc3-4)cc2)n1. The number of benzene rings is 5. The second kappa shape index (κ2) is 10.4. The number of aromatic nitrogens is 3. The molecule has 3 heteroatoms. The van der Waals surface area contributed by atoms with Gasteiger partial charge in [0.25, 0.3) is 0 Å². The molecule has 1 heterocycles. The minimum absolute atomic E-state index is 0.647. The van der Waals surface area contributed by atoms with E-state index in [4.69, 9.17) is 15.0 Å². The molecule has 0 spiro atoms. The van der Waals surface area contributed by atoms with Gasteiger partial charge in [-0.3, -0.25) is 0 Å². The summed E-state index contributed by atoms with van der Waals surface area (Å²) < 4.78 is 0. The molecule has 7 rings (SSSR count). The third kappa shape index (κ3) is 4.46. The van der Waals surface area contributed by atoms with E-state index in [0.29, 0.717) is 17.5 Å². The highest BCUT2D eigenvalue weighted by Gasteiger charge is 2.21. The normalized spacial score (nSPS) is 12.0. The number of hydrogen-bond acceptors (Lipinski definition) is 3. The first-order valence-electron chi connectivity index (χ1n) is 14.2. The molecule has 0 atom stereocenters. The van der Waals surface area contributed by atoms with E-state index < -0.39 is 0 Å². The second-order valence-corrected chi connectivity index (χ2v) is 10.4. The summed E-state index contributed by atoms with van der Waals surface area (Å²) in [5, 5.41) is 2.61. The lowest BCUT2D eigenvalue weighted by molar-refractivity contribution is 0.956. The lowest BCUT2D eigenvalue weighted by Gasteiger charge is -2.11. The lowest BCUT2D eigenvalue weighted by atomic mass is 9.95. The number of unbranched alkanes of at least 4 members (excludes halogenated alkanes) is 1. The third-order valence-electron chi connectivity index (χ3n) is 7.76. The predicted octanol–water partition coefficient (Wildman–Crippen LogP) is 10.0. The molecule has 3 nitrogen and oxygen atoms in total. The Hall–Kier alpha value is -5.15. The van der Waals surface area contributed by atoms with E-state index in [2.05, 4.69) is 98.4 Å². The minimum Gasteiger partial charge on any atom is -0.208 e. The molecule has 0 unspecified atom stereocenters. The van der Waals surface area contributed by atoms with Gasteiger partial charge in [-0.05, 0) is 62.7 Å². The van der Waals surface area contributed by atoms with Gasteiger partial charge in [-0.2, -0.15) is 0 Å². The van der Waals surface area contributed by atoms with Crippen molar-refractivity contribution in [2.24, 2.45) is 0 Å². The number of hydrogen-bond donors (Lipinski definition) is 0. The largest absolute Gasteiger partial charge is 0.208 e. The maximum atomic E-state index is 4.89. The molecular formula is C38H29N3. The van der Waals surface area contributed by atoms with Gasteiger partial charge in [0.05, 0.1) is 0 Å². The molecule has 0 amide bonds. The van der Waals surface area contributed by atoms with Gasteiger partial charge in [-0.15, -0.1) is 0 Å². The van der Waals surface area contributed by atoms with Crippen LogP contribution >= 0.6 is 0 Å². The molecule has 6 aromatic rings. The van der Waals surface area contributed by atoms with Crippen molar-refractivity contribution in [3.05, 3.63) is 134 Å². The van der Waals surface area contributed by atoms with Gasteiger partial charge in [0.15, 0.2) is 17.5 Å². The van der Waals surface area contributed by atoms with Crippen LogP contribution in [0, 0.1) is 0 Å². The van der Waals surface area contributed by atoms with E-state index in [1.807, 2.05) is 36.4 Å². The van der Waals surface area contributed by atoms with Crippen molar-refractivity contribution in [2.45, 2.75) is 19.8 Å². The molecule has 0 N–H and O–H groups in total. The van der Waals surface area contributed by atoms with Gasteiger partial charge in [0.2, 0.25) is 0 Å². The molecule has 1 aliphatic carbocycles. The van der Waals surface area contributed by atoms with Crippen LogP contribution in [0.3, 0.4) is 0 Å². The van der Waals surface area contributed by atoms with Gasteiger partial charge in [0.1, 0.15) is 0 Å². The molecule has 0 radical (unpaired) electrons. The molecule has 1 aliphatic rings. The monoisotopic (exact) mass is 527 g/mol. The van der Waals surface area contributed by atoms with Gasteiger partial charge >= 0.3 is 0 Å². The van der Waals surface area contributed by atoms with Crippen LogP contribution in [0.15, 0.2) is 128 Å². The van der Waals surface area contributed by atoms with Crippen LogP contribution in [0.2, 0.25) is 0 Å². The fourth-order valence-corrected chi connectivity index (χ4v) is 5.71. The number of nitrogens with zero attached hydrogens (tertiary/aromatic N) is 3. The Bertz CT molecular complexity index is 1950. The van der Waals surface area contributed by atoms with Gasteiger partial charge < -0.3 is 0 Å². The quantitative estimate of drug-likeness (QED) is 0.194. The summed E-state index contributed by atoms with van der Waals surface area (Å²) in [6, 6.07) is 38.6. The van der Waals surface area contributed by atoms with E-state index in [1.165, 1.54) is 38.6 Å². The molecule has 0 fully saturated rings. The zero-order valence-electron chi connectivity index (χ0n) is 23.0. The Morgan fingerprint density at radius 2 is 1.24 bits per heavy atom. The minimum atomic E-state index is 0.647. The average Bonchev–Trinajstić information content (AvgIpc) is 3.36. The van der Waals surface area contributed by atoms with E-state index in [0.717, 1.165) is 35.1 Å². The predicted molar refractivity (Wildman–Crippen MR) is 171 cm³/mol. The topological polar surface area (TPSA) is 38.7 Å². The highest BCUT2D eigenvalue weighted by molar-refractivity contribution is 6.16. The van der Waals surface area contributed by atoms with Crippen LogP contribution in [0.4, 0.5) is 0 Å². The molecular weight excluding hydrogens is 498 g/mol. The smallest absolute Gasteiger partial charge is 0.164 e. The zero-order chi connectivity index (χ0) is 27.8. The van der Waals surface area contributed by atoms with Crippen LogP contribution in [0.1, 0.15) is 25.6 Å². The lowest BCUT2D eigenvalue weighted by Crippen LogP contribution is -2.02. The molecule has 1 aromatic heterocycles. The van der Waals surface area contributed by atoms with E-state index in [9.17, 15) is 0 Å². The van der Waals surface area contributed by atoms with Crippen molar-refractivity contribution in [2.75, 3.05) is 0 Å². The Balaban J connectivity index is 1.31.